The van der Waals surface area contributed by atoms with Crippen LogP contribution in [0.3, 0.4) is 0 Å². The summed E-state index contributed by atoms with van der Waals surface area (Å²) in [6.45, 7) is 3.75. The molecule has 2 aromatic rings. The van der Waals surface area contributed by atoms with Crippen LogP contribution in [-0.2, 0) is 14.8 Å². The molecule has 2 heterocycles. The summed E-state index contributed by atoms with van der Waals surface area (Å²) in [5.74, 6) is 0.265. The van der Waals surface area contributed by atoms with Crippen LogP contribution in [0.1, 0.15) is 13.8 Å². The van der Waals surface area contributed by atoms with E-state index < -0.39 is 15.4 Å². The maximum absolute atomic E-state index is 12.3. The molecule has 0 spiro atoms. The summed E-state index contributed by atoms with van der Waals surface area (Å²) in [5.41, 5.74) is 0.173. The smallest absolute Gasteiger partial charge is 0.271 e. The van der Waals surface area contributed by atoms with Crippen molar-refractivity contribution in [3.63, 3.8) is 0 Å². The van der Waals surface area contributed by atoms with Gasteiger partial charge >= 0.3 is 0 Å². The van der Waals surface area contributed by atoms with Crippen LogP contribution in [0.4, 0.5) is 11.4 Å². The lowest BCUT2D eigenvalue weighted by molar-refractivity contribution is -0.124. The molecule has 0 bridgehead atoms. The van der Waals surface area contributed by atoms with E-state index in [0.717, 1.165) is 11.3 Å². The van der Waals surface area contributed by atoms with Crippen molar-refractivity contribution in [3.8, 4) is 5.75 Å². The van der Waals surface area contributed by atoms with Crippen LogP contribution in [0.25, 0.3) is 0 Å². The number of anilines is 2. The van der Waals surface area contributed by atoms with Gasteiger partial charge in [0.05, 0.1) is 21.1 Å². The zero-order chi connectivity index (χ0) is 17.5. The number of benzene rings is 1. The Bertz CT molecular complexity index is 906. The van der Waals surface area contributed by atoms with Crippen molar-refractivity contribution in [1.82, 2.24) is 0 Å². The molecule has 1 aromatic heterocycles. The number of amides is 1. The number of hydrogen-bond acceptors (Lipinski definition) is 5. The minimum absolute atomic E-state index is 0.123. The molecule has 2 N–H and O–H groups in total. The van der Waals surface area contributed by atoms with Crippen LogP contribution in [0.2, 0.25) is 4.34 Å². The average Bonchev–Trinajstić information content (AvgIpc) is 2.90. The van der Waals surface area contributed by atoms with Gasteiger partial charge in [-0.1, -0.05) is 11.6 Å². The normalized spacial score (nSPS) is 16.5. The van der Waals surface area contributed by atoms with E-state index in [4.69, 9.17) is 16.3 Å². The molecule has 9 heteroatoms. The monoisotopic (exact) mass is 386 g/mol. The van der Waals surface area contributed by atoms with Crippen molar-refractivity contribution in [2.75, 3.05) is 16.6 Å². The fraction of sp³-hybridized carbons (Fsp3) is 0.267. The van der Waals surface area contributed by atoms with Crippen molar-refractivity contribution >= 4 is 50.2 Å². The Morgan fingerprint density at radius 2 is 2.04 bits per heavy atom. The maximum atomic E-state index is 12.3. The van der Waals surface area contributed by atoms with Crippen LogP contribution in [0.15, 0.2) is 34.5 Å². The fourth-order valence-corrected chi connectivity index (χ4v) is 4.60. The number of ether oxygens (including phenoxy) is 1. The Balaban J connectivity index is 1.88. The first-order valence-corrected chi connectivity index (χ1v) is 9.72. The molecule has 0 unspecified atom stereocenters. The maximum Gasteiger partial charge on any atom is 0.271 e. The molecule has 1 aliphatic heterocycles. The van der Waals surface area contributed by atoms with Crippen LogP contribution in [-0.4, -0.2) is 20.9 Å². The minimum atomic E-state index is -3.72. The fourth-order valence-electron chi connectivity index (χ4n) is 2.07. The lowest BCUT2D eigenvalue weighted by Gasteiger charge is -2.18. The average molecular weight is 387 g/mol. The summed E-state index contributed by atoms with van der Waals surface area (Å²) in [6, 6.07) is 7.68. The molecular weight excluding hydrogens is 372 g/mol. The second-order valence-corrected chi connectivity index (χ2v) is 9.63. The van der Waals surface area contributed by atoms with E-state index >= 15 is 0 Å². The molecule has 0 radical (unpaired) electrons. The van der Waals surface area contributed by atoms with Gasteiger partial charge in [-0.05, 0) is 38.1 Å². The van der Waals surface area contributed by atoms with Crippen molar-refractivity contribution in [2.24, 2.45) is 5.41 Å². The van der Waals surface area contributed by atoms with E-state index in [0.29, 0.717) is 21.5 Å². The van der Waals surface area contributed by atoms with Gasteiger partial charge in [-0.2, -0.15) is 0 Å². The second-order valence-electron chi connectivity index (χ2n) is 6.00. The third kappa shape index (κ3) is 3.35. The summed E-state index contributed by atoms with van der Waals surface area (Å²) < 4.78 is 33.3. The molecule has 0 saturated heterocycles. The first-order chi connectivity index (χ1) is 11.2. The molecule has 3 rings (SSSR count). The number of nitrogens with one attached hydrogen (secondary N) is 2. The summed E-state index contributed by atoms with van der Waals surface area (Å²) in [5, 5.41) is 2.78. The number of halogens is 1. The van der Waals surface area contributed by atoms with Crippen molar-refractivity contribution in [3.05, 3.63) is 34.7 Å². The van der Waals surface area contributed by atoms with Gasteiger partial charge in [-0.25, -0.2) is 8.42 Å². The quantitative estimate of drug-likeness (QED) is 0.844. The van der Waals surface area contributed by atoms with Crippen LogP contribution in [0.5, 0.6) is 5.75 Å². The molecule has 0 fully saturated rings. The van der Waals surface area contributed by atoms with Crippen LogP contribution < -0.4 is 14.8 Å². The number of fused-ring (bicyclic) bond motifs is 1. The zero-order valence-corrected chi connectivity index (χ0v) is 15.3. The lowest BCUT2D eigenvalue weighted by atomic mass is 9.94. The molecule has 6 nitrogen and oxygen atoms in total. The first kappa shape index (κ1) is 17.1. The van der Waals surface area contributed by atoms with Crippen molar-refractivity contribution in [2.45, 2.75) is 18.1 Å². The molecule has 1 amide bonds. The van der Waals surface area contributed by atoms with Gasteiger partial charge in [-0.15, -0.1) is 11.3 Å². The summed E-state index contributed by atoms with van der Waals surface area (Å²) in [4.78, 5) is 12.1. The topological polar surface area (TPSA) is 84.5 Å². The molecular formula is C15H15ClN2O4S2. The highest BCUT2D eigenvalue weighted by atomic mass is 35.5. The SMILES string of the molecule is CC1(C)COc2cc(NS(=O)(=O)c3ccc(Cl)s3)ccc2NC1=O. The number of hydrogen-bond donors (Lipinski definition) is 2. The van der Waals surface area contributed by atoms with Crippen molar-refractivity contribution < 1.29 is 17.9 Å². The molecule has 0 saturated carbocycles. The second kappa shape index (κ2) is 5.94. The largest absolute Gasteiger partial charge is 0.490 e. The number of carbonyl (C=O) groups excluding carboxylic acids is 1. The van der Waals surface area contributed by atoms with Gasteiger partial charge in [0, 0.05) is 6.07 Å². The predicted molar refractivity (Wildman–Crippen MR) is 94.5 cm³/mol. The van der Waals surface area contributed by atoms with E-state index in [-0.39, 0.29) is 16.7 Å². The van der Waals surface area contributed by atoms with Gasteiger partial charge < -0.3 is 10.1 Å². The third-order valence-electron chi connectivity index (χ3n) is 3.50. The number of carbonyl (C=O) groups is 1. The molecule has 0 aliphatic carbocycles. The Hall–Kier alpha value is -1.77. The van der Waals surface area contributed by atoms with Crippen LogP contribution >= 0.6 is 22.9 Å². The van der Waals surface area contributed by atoms with E-state index in [1.165, 1.54) is 12.1 Å². The lowest BCUT2D eigenvalue weighted by Crippen LogP contribution is -2.33. The number of thiophene rings is 1. The third-order valence-corrected chi connectivity index (χ3v) is 6.60. The molecule has 1 aliphatic rings. The van der Waals surface area contributed by atoms with Crippen molar-refractivity contribution in [1.29, 1.82) is 0 Å². The molecule has 1 aromatic carbocycles. The van der Waals surface area contributed by atoms with Gasteiger partial charge in [0.2, 0.25) is 5.91 Å². The van der Waals surface area contributed by atoms with Crippen LogP contribution in [0, 0.1) is 5.41 Å². The van der Waals surface area contributed by atoms with E-state index in [1.807, 2.05) is 0 Å². The predicted octanol–water partition coefficient (Wildman–Crippen LogP) is 3.56. The van der Waals surface area contributed by atoms with Gasteiger partial charge in [-0.3, -0.25) is 9.52 Å². The van der Waals surface area contributed by atoms with Gasteiger partial charge in [0.25, 0.3) is 10.0 Å². The first-order valence-electron chi connectivity index (χ1n) is 7.04. The van der Waals surface area contributed by atoms with E-state index in [9.17, 15) is 13.2 Å². The summed E-state index contributed by atoms with van der Waals surface area (Å²) >= 11 is 6.76. The highest BCUT2D eigenvalue weighted by Crippen LogP contribution is 2.35. The summed E-state index contributed by atoms with van der Waals surface area (Å²) in [7, 11) is -3.72. The Labute approximate surface area is 148 Å². The Morgan fingerprint density at radius 1 is 1.29 bits per heavy atom. The number of sulfonamides is 1. The molecule has 128 valence electrons. The standard InChI is InChI=1S/C15H15ClN2O4S2/c1-15(2)8-22-11-7-9(3-4-10(11)17-14(15)19)18-24(20,21)13-6-5-12(16)23-13/h3-7,18H,8H2,1-2H3,(H,17,19). The summed E-state index contributed by atoms with van der Waals surface area (Å²) in [6.07, 6.45) is 0. The number of rotatable bonds is 3. The highest BCUT2D eigenvalue weighted by Gasteiger charge is 2.32. The zero-order valence-electron chi connectivity index (χ0n) is 12.9. The minimum Gasteiger partial charge on any atom is -0.490 e. The van der Waals surface area contributed by atoms with E-state index in [1.54, 1.807) is 32.0 Å². The van der Waals surface area contributed by atoms with Gasteiger partial charge in [0.15, 0.2) is 0 Å². The highest BCUT2D eigenvalue weighted by molar-refractivity contribution is 7.94. The Morgan fingerprint density at radius 3 is 2.71 bits per heavy atom. The van der Waals surface area contributed by atoms with E-state index in [2.05, 4.69) is 10.0 Å². The Kier molecular flexibility index (Phi) is 4.23. The molecule has 0 atom stereocenters. The molecule has 24 heavy (non-hydrogen) atoms. The van der Waals surface area contributed by atoms with Gasteiger partial charge in [0.1, 0.15) is 16.6 Å².